The summed E-state index contributed by atoms with van der Waals surface area (Å²) in [6.07, 6.45) is -3.64. The van der Waals surface area contributed by atoms with Gasteiger partial charge < -0.3 is 9.84 Å². The van der Waals surface area contributed by atoms with Crippen LogP contribution in [0.2, 0.25) is 0 Å². The number of aromatic nitrogens is 5. The third-order valence-corrected chi connectivity index (χ3v) is 5.97. The Morgan fingerprint density at radius 1 is 1.08 bits per heavy atom. The molecule has 0 saturated carbocycles. The Bertz CT molecular complexity index is 1570. The van der Waals surface area contributed by atoms with Crippen molar-refractivity contribution in [2.45, 2.75) is 39.2 Å². The number of halogens is 5. The van der Waals surface area contributed by atoms with Crippen LogP contribution in [0.25, 0.3) is 16.9 Å². The minimum atomic E-state index is -4.61. The number of ether oxygens (including phenoxy) is 1. The Kier molecular flexibility index (Phi) is 7.35. The van der Waals surface area contributed by atoms with Gasteiger partial charge in [0.2, 0.25) is 5.88 Å². The zero-order valence-corrected chi connectivity index (χ0v) is 21.8. The SMILES string of the molecule is Cc1nc(OCc2cccc(C(F)(F)F)n2)c(Br)c(=O)n1-c1cccc(-c2nc(C(C)(C)O)ncc2F)c1. The molecule has 0 saturated heterocycles. The fourth-order valence-corrected chi connectivity index (χ4v) is 3.88. The van der Waals surface area contributed by atoms with E-state index in [0.717, 1.165) is 12.3 Å². The van der Waals surface area contributed by atoms with Crippen molar-refractivity contribution in [3.8, 4) is 22.8 Å². The number of hydrogen-bond donors (Lipinski definition) is 1. The first-order chi connectivity index (χ1) is 17.8. The Morgan fingerprint density at radius 2 is 1.79 bits per heavy atom. The van der Waals surface area contributed by atoms with Crippen molar-refractivity contribution in [1.29, 1.82) is 0 Å². The van der Waals surface area contributed by atoms with E-state index in [1.54, 1.807) is 18.2 Å². The van der Waals surface area contributed by atoms with Gasteiger partial charge in [-0.1, -0.05) is 18.2 Å². The van der Waals surface area contributed by atoms with E-state index in [1.807, 2.05) is 0 Å². The molecule has 38 heavy (non-hydrogen) atoms. The van der Waals surface area contributed by atoms with Gasteiger partial charge in [0.1, 0.15) is 33.9 Å². The molecule has 198 valence electrons. The third kappa shape index (κ3) is 5.73. The van der Waals surface area contributed by atoms with E-state index < -0.39 is 28.8 Å². The van der Waals surface area contributed by atoms with Crippen LogP contribution >= 0.6 is 15.9 Å². The highest BCUT2D eigenvalue weighted by atomic mass is 79.9. The summed E-state index contributed by atoms with van der Waals surface area (Å²) in [5.74, 6) is -0.627. The second-order valence-electron chi connectivity index (χ2n) is 8.72. The molecule has 1 aromatic carbocycles. The highest BCUT2D eigenvalue weighted by Crippen LogP contribution is 2.29. The molecule has 4 rings (SSSR count). The molecule has 0 aliphatic heterocycles. The van der Waals surface area contributed by atoms with Crippen molar-refractivity contribution in [1.82, 2.24) is 24.5 Å². The van der Waals surface area contributed by atoms with Gasteiger partial charge >= 0.3 is 6.18 Å². The van der Waals surface area contributed by atoms with Crippen molar-refractivity contribution < 1.29 is 27.4 Å². The van der Waals surface area contributed by atoms with Crippen molar-refractivity contribution >= 4 is 15.9 Å². The third-order valence-electron chi connectivity index (χ3n) is 5.29. The van der Waals surface area contributed by atoms with E-state index in [4.69, 9.17) is 4.74 Å². The second kappa shape index (κ2) is 10.2. The number of hydrogen-bond acceptors (Lipinski definition) is 7. The van der Waals surface area contributed by atoms with Gasteiger partial charge in [-0.15, -0.1) is 0 Å². The minimum Gasteiger partial charge on any atom is -0.470 e. The van der Waals surface area contributed by atoms with Crippen LogP contribution in [0.1, 0.15) is 36.9 Å². The van der Waals surface area contributed by atoms with E-state index in [2.05, 4.69) is 35.9 Å². The highest BCUT2D eigenvalue weighted by molar-refractivity contribution is 9.10. The maximum absolute atomic E-state index is 14.6. The number of pyridine rings is 1. The molecule has 0 bridgehead atoms. The van der Waals surface area contributed by atoms with Gasteiger partial charge in [-0.25, -0.2) is 19.3 Å². The van der Waals surface area contributed by atoms with Crippen LogP contribution in [0.15, 0.2) is 57.9 Å². The summed E-state index contributed by atoms with van der Waals surface area (Å²) in [5, 5.41) is 10.2. The van der Waals surface area contributed by atoms with Crippen molar-refractivity contribution in [3.05, 3.63) is 92.3 Å². The smallest absolute Gasteiger partial charge is 0.433 e. The van der Waals surface area contributed by atoms with Crippen LogP contribution in [0, 0.1) is 12.7 Å². The molecule has 0 fully saturated rings. The molecule has 0 spiro atoms. The summed E-state index contributed by atoms with van der Waals surface area (Å²) in [4.78, 5) is 29.0. The van der Waals surface area contributed by atoms with Gasteiger partial charge in [-0.3, -0.25) is 9.36 Å². The van der Waals surface area contributed by atoms with E-state index in [-0.39, 0.29) is 40.0 Å². The zero-order chi connectivity index (χ0) is 27.8. The molecule has 0 amide bonds. The normalized spacial score (nSPS) is 12.0. The van der Waals surface area contributed by atoms with Gasteiger partial charge in [0.15, 0.2) is 11.6 Å². The van der Waals surface area contributed by atoms with Gasteiger partial charge in [0.25, 0.3) is 5.56 Å². The summed E-state index contributed by atoms with van der Waals surface area (Å²) in [5.41, 5.74) is -2.43. The van der Waals surface area contributed by atoms with E-state index in [0.29, 0.717) is 11.3 Å². The van der Waals surface area contributed by atoms with Crippen molar-refractivity contribution in [3.63, 3.8) is 0 Å². The molecule has 0 unspecified atom stereocenters. The predicted octanol–water partition coefficient (Wildman–Crippen LogP) is 5.12. The van der Waals surface area contributed by atoms with Crippen LogP contribution in [-0.4, -0.2) is 29.6 Å². The van der Waals surface area contributed by atoms with Crippen molar-refractivity contribution in [2.24, 2.45) is 0 Å². The van der Waals surface area contributed by atoms with Crippen LogP contribution in [0.3, 0.4) is 0 Å². The lowest BCUT2D eigenvalue weighted by Gasteiger charge is -2.17. The molecule has 0 aliphatic carbocycles. The average Bonchev–Trinajstić information content (AvgIpc) is 2.85. The first-order valence-corrected chi connectivity index (χ1v) is 11.9. The van der Waals surface area contributed by atoms with Crippen molar-refractivity contribution in [2.75, 3.05) is 0 Å². The molecule has 13 heteroatoms. The van der Waals surface area contributed by atoms with Gasteiger partial charge in [-0.2, -0.15) is 18.2 Å². The average molecular weight is 594 g/mol. The quantitative estimate of drug-likeness (QED) is 0.309. The van der Waals surface area contributed by atoms with Gasteiger partial charge in [0.05, 0.1) is 17.6 Å². The summed E-state index contributed by atoms with van der Waals surface area (Å²) < 4.78 is 60.1. The summed E-state index contributed by atoms with van der Waals surface area (Å²) in [6.45, 7) is 4.12. The number of aliphatic hydroxyl groups is 1. The van der Waals surface area contributed by atoms with E-state index >= 15 is 0 Å². The fraction of sp³-hybridized carbons (Fsp3) is 0.240. The van der Waals surface area contributed by atoms with Crippen LogP contribution in [-0.2, 0) is 18.4 Å². The lowest BCUT2D eigenvalue weighted by molar-refractivity contribution is -0.141. The molecule has 8 nitrogen and oxygen atoms in total. The largest absolute Gasteiger partial charge is 0.470 e. The number of benzene rings is 1. The minimum absolute atomic E-state index is 0.000335. The lowest BCUT2D eigenvalue weighted by atomic mass is 10.1. The van der Waals surface area contributed by atoms with Crippen LogP contribution < -0.4 is 10.3 Å². The molecule has 0 atom stereocenters. The fourth-order valence-electron chi connectivity index (χ4n) is 3.50. The maximum Gasteiger partial charge on any atom is 0.433 e. The molecule has 3 heterocycles. The van der Waals surface area contributed by atoms with Crippen LogP contribution in [0.4, 0.5) is 17.6 Å². The Hall–Kier alpha value is -3.71. The van der Waals surface area contributed by atoms with Gasteiger partial charge in [-0.05, 0) is 61.0 Å². The zero-order valence-electron chi connectivity index (χ0n) is 20.2. The number of rotatable bonds is 6. The predicted molar refractivity (Wildman–Crippen MR) is 132 cm³/mol. The van der Waals surface area contributed by atoms with E-state index in [1.165, 1.54) is 43.5 Å². The molecule has 0 aliphatic rings. The lowest BCUT2D eigenvalue weighted by Crippen LogP contribution is -2.24. The number of alkyl halides is 3. The number of nitrogens with zero attached hydrogens (tertiary/aromatic N) is 5. The maximum atomic E-state index is 14.6. The number of aryl methyl sites for hydroxylation is 1. The summed E-state index contributed by atoms with van der Waals surface area (Å²) >= 11 is 3.16. The molecule has 4 aromatic rings. The molecule has 3 aromatic heterocycles. The first kappa shape index (κ1) is 27.3. The standard InChI is InChI=1S/C25H20BrF4N5O3/c1-13-32-21(38-12-15-7-5-9-18(33-15)25(28,29)30)19(26)22(36)35(13)16-8-4-6-14(10-16)20-17(27)11-31-23(34-20)24(2,3)37/h4-11,37H,12H2,1-3H3. The van der Waals surface area contributed by atoms with Crippen LogP contribution in [0.5, 0.6) is 5.88 Å². The topological polar surface area (TPSA) is 103 Å². The Labute approximate surface area is 222 Å². The molecule has 1 N–H and O–H groups in total. The molecular formula is C25H20BrF4N5O3. The summed E-state index contributed by atoms with van der Waals surface area (Å²) in [7, 11) is 0. The highest BCUT2D eigenvalue weighted by Gasteiger charge is 2.32. The molecular weight excluding hydrogens is 574 g/mol. The molecule has 0 radical (unpaired) electrons. The first-order valence-electron chi connectivity index (χ1n) is 11.1. The Morgan fingerprint density at radius 3 is 2.47 bits per heavy atom. The van der Waals surface area contributed by atoms with E-state index in [9.17, 15) is 27.5 Å². The monoisotopic (exact) mass is 593 g/mol. The van der Waals surface area contributed by atoms with Gasteiger partial charge in [0, 0.05) is 5.56 Å². The Balaban J connectivity index is 1.67. The summed E-state index contributed by atoms with van der Waals surface area (Å²) in [6, 6.07) is 9.72. The second-order valence-corrected chi connectivity index (χ2v) is 9.51.